The summed E-state index contributed by atoms with van der Waals surface area (Å²) in [4.78, 5) is 4.68. The highest BCUT2D eigenvalue weighted by Crippen LogP contribution is 2.36. The third-order valence-electron chi connectivity index (χ3n) is 2.91. The second-order valence-corrected chi connectivity index (χ2v) is 5.41. The van der Waals surface area contributed by atoms with Crippen LogP contribution in [-0.2, 0) is 4.74 Å². The van der Waals surface area contributed by atoms with Crippen LogP contribution in [0.2, 0.25) is 0 Å². The van der Waals surface area contributed by atoms with E-state index in [-0.39, 0.29) is 11.6 Å². The summed E-state index contributed by atoms with van der Waals surface area (Å²) in [5.74, 6) is 0. The van der Waals surface area contributed by atoms with Gasteiger partial charge in [0.15, 0.2) is 6.23 Å². The highest BCUT2D eigenvalue weighted by atomic mass is 16.5. The van der Waals surface area contributed by atoms with Crippen LogP contribution >= 0.6 is 0 Å². The van der Waals surface area contributed by atoms with Crippen molar-refractivity contribution in [3.63, 3.8) is 0 Å². The number of aryl methyl sites for hydroxylation is 1. The zero-order valence-corrected chi connectivity index (χ0v) is 10.7. The molecule has 0 spiro atoms. The molecule has 1 atom stereocenters. The smallest absolute Gasteiger partial charge is 0.174 e. The summed E-state index contributed by atoms with van der Waals surface area (Å²) in [6.45, 7) is 8.66. The molecule has 0 fully saturated rings. The van der Waals surface area contributed by atoms with Gasteiger partial charge in [0, 0.05) is 23.7 Å². The van der Waals surface area contributed by atoms with Crippen LogP contribution in [0.3, 0.4) is 0 Å². The van der Waals surface area contributed by atoms with E-state index in [4.69, 9.17) is 4.74 Å². The van der Waals surface area contributed by atoms with Crippen molar-refractivity contribution in [2.24, 2.45) is 10.4 Å². The summed E-state index contributed by atoms with van der Waals surface area (Å²) in [5, 5.41) is 0. The first-order valence-electron chi connectivity index (χ1n) is 5.65. The molecule has 1 heterocycles. The average molecular weight is 217 g/mol. The third-order valence-corrected chi connectivity index (χ3v) is 2.91. The topological polar surface area (TPSA) is 21.6 Å². The largest absolute Gasteiger partial charge is 0.355 e. The Morgan fingerprint density at radius 1 is 1.25 bits per heavy atom. The van der Waals surface area contributed by atoms with Crippen molar-refractivity contribution in [3.05, 3.63) is 34.9 Å². The zero-order valence-electron chi connectivity index (χ0n) is 10.7. The van der Waals surface area contributed by atoms with Gasteiger partial charge in [0.1, 0.15) is 0 Å². The Bertz CT molecular complexity index is 441. The Morgan fingerprint density at radius 3 is 2.50 bits per heavy atom. The van der Waals surface area contributed by atoms with Crippen molar-refractivity contribution in [2.75, 3.05) is 7.11 Å². The monoisotopic (exact) mass is 217 g/mol. The maximum atomic E-state index is 5.43. The van der Waals surface area contributed by atoms with Crippen molar-refractivity contribution >= 4 is 5.71 Å². The lowest BCUT2D eigenvalue weighted by Gasteiger charge is -2.19. The fourth-order valence-corrected chi connectivity index (χ4v) is 2.14. The summed E-state index contributed by atoms with van der Waals surface area (Å²) < 4.78 is 5.43. The van der Waals surface area contributed by atoms with Gasteiger partial charge in [0.2, 0.25) is 0 Å². The zero-order chi connectivity index (χ0) is 11.9. The van der Waals surface area contributed by atoms with Crippen molar-refractivity contribution in [2.45, 2.75) is 33.9 Å². The number of hydrogen-bond acceptors (Lipinski definition) is 2. The summed E-state index contributed by atoms with van der Waals surface area (Å²) in [7, 11) is 1.71. The molecule has 0 saturated carbocycles. The molecule has 0 radical (unpaired) electrons. The Labute approximate surface area is 97.4 Å². The van der Waals surface area contributed by atoms with Gasteiger partial charge in [-0.25, -0.2) is 0 Å². The number of rotatable bonds is 1. The Balaban J connectivity index is 2.55. The van der Waals surface area contributed by atoms with E-state index in [2.05, 4.69) is 50.9 Å². The number of fused-ring (bicyclic) bond motifs is 1. The minimum Gasteiger partial charge on any atom is -0.355 e. The molecule has 0 bridgehead atoms. The van der Waals surface area contributed by atoms with Crippen LogP contribution in [0.25, 0.3) is 0 Å². The summed E-state index contributed by atoms with van der Waals surface area (Å²) in [6.07, 6.45) is -0.121. The van der Waals surface area contributed by atoms with Crippen molar-refractivity contribution in [1.29, 1.82) is 0 Å². The van der Waals surface area contributed by atoms with E-state index in [9.17, 15) is 0 Å². The van der Waals surface area contributed by atoms with Gasteiger partial charge < -0.3 is 4.74 Å². The molecule has 1 aromatic carbocycles. The first kappa shape index (κ1) is 11.3. The predicted molar refractivity (Wildman–Crippen MR) is 66.9 cm³/mol. The molecule has 1 unspecified atom stereocenters. The molecular weight excluding hydrogens is 198 g/mol. The first-order chi connectivity index (χ1) is 7.43. The molecule has 0 aliphatic carbocycles. The molecule has 2 rings (SSSR count). The van der Waals surface area contributed by atoms with Crippen LogP contribution in [0.15, 0.2) is 23.2 Å². The van der Waals surface area contributed by atoms with E-state index in [0.29, 0.717) is 0 Å². The molecule has 0 amide bonds. The van der Waals surface area contributed by atoms with Gasteiger partial charge in [-0.2, -0.15) is 0 Å². The highest BCUT2D eigenvalue weighted by Gasteiger charge is 2.31. The molecule has 16 heavy (non-hydrogen) atoms. The van der Waals surface area contributed by atoms with E-state index < -0.39 is 0 Å². The summed E-state index contributed by atoms with van der Waals surface area (Å²) in [6, 6.07) is 6.47. The summed E-state index contributed by atoms with van der Waals surface area (Å²) in [5.41, 5.74) is 4.91. The standard InChI is InChI=1S/C14H19NO/c1-9-6-7-10-11(8-9)13(16-5)15-12(10)14(2,3)4/h6-8,13H,1-5H3. The van der Waals surface area contributed by atoms with Gasteiger partial charge >= 0.3 is 0 Å². The predicted octanol–water partition coefficient (Wildman–Crippen LogP) is 3.49. The number of methoxy groups -OCH3 is 1. The van der Waals surface area contributed by atoms with Gasteiger partial charge in [-0.3, -0.25) is 4.99 Å². The number of nitrogens with zero attached hydrogens (tertiary/aromatic N) is 1. The average Bonchev–Trinajstić information content (AvgIpc) is 2.55. The van der Waals surface area contributed by atoms with Gasteiger partial charge in [-0.1, -0.05) is 44.5 Å². The molecule has 86 valence electrons. The summed E-state index contributed by atoms with van der Waals surface area (Å²) >= 11 is 0. The van der Waals surface area contributed by atoms with E-state index >= 15 is 0 Å². The van der Waals surface area contributed by atoms with Crippen LogP contribution in [0.1, 0.15) is 43.7 Å². The SMILES string of the molecule is COC1N=C(C(C)(C)C)c2ccc(C)cc21. The number of benzene rings is 1. The Morgan fingerprint density at radius 2 is 1.94 bits per heavy atom. The Kier molecular flexibility index (Phi) is 2.62. The van der Waals surface area contributed by atoms with Crippen LogP contribution in [0.4, 0.5) is 0 Å². The van der Waals surface area contributed by atoms with Crippen molar-refractivity contribution in [1.82, 2.24) is 0 Å². The quantitative estimate of drug-likeness (QED) is 0.705. The van der Waals surface area contributed by atoms with Crippen LogP contribution in [-0.4, -0.2) is 12.8 Å². The van der Waals surface area contributed by atoms with E-state index in [0.717, 1.165) is 5.71 Å². The molecule has 1 aliphatic heterocycles. The number of ether oxygens (including phenoxy) is 1. The maximum absolute atomic E-state index is 5.43. The van der Waals surface area contributed by atoms with E-state index in [1.807, 2.05) is 0 Å². The van der Waals surface area contributed by atoms with Crippen LogP contribution in [0.5, 0.6) is 0 Å². The first-order valence-corrected chi connectivity index (χ1v) is 5.65. The van der Waals surface area contributed by atoms with Gasteiger partial charge in [0.05, 0.1) is 5.71 Å². The normalized spacial score (nSPS) is 19.6. The van der Waals surface area contributed by atoms with Crippen molar-refractivity contribution in [3.8, 4) is 0 Å². The minimum atomic E-state index is -0.121. The fourth-order valence-electron chi connectivity index (χ4n) is 2.14. The number of aliphatic imine (C=N–C) groups is 1. The fraction of sp³-hybridized carbons (Fsp3) is 0.500. The second-order valence-electron chi connectivity index (χ2n) is 5.41. The van der Waals surface area contributed by atoms with Gasteiger partial charge in [-0.15, -0.1) is 0 Å². The molecule has 1 aliphatic rings. The highest BCUT2D eigenvalue weighted by molar-refractivity contribution is 6.07. The molecule has 2 heteroatoms. The van der Waals surface area contributed by atoms with E-state index in [1.165, 1.54) is 16.7 Å². The number of hydrogen-bond donors (Lipinski definition) is 0. The lowest BCUT2D eigenvalue weighted by molar-refractivity contribution is 0.114. The van der Waals surface area contributed by atoms with Crippen LogP contribution in [0, 0.1) is 12.3 Å². The second kappa shape index (κ2) is 3.70. The molecule has 1 aromatic rings. The molecular formula is C14H19NO. The molecule has 0 N–H and O–H groups in total. The minimum absolute atomic E-state index is 0.0668. The molecule has 0 saturated heterocycles. The van der Waals surface area contributed by atoms with E-state index in [1.54, 1.807) is 7.11 Å². The Hall–Kier alpha value is -1.15. The van der Waals surface area contributed by atoms with Gasteiger partial charge in [-0.05, 0) is 6.92 Å². The molecule has 0 aromatic heterocycles. The van der Waals surface area contributed by atoms with Gasteiger partial charge in [0.25, 0.3) is 0 Å². The van der Waals surface area contributed by atoms with Crippen LogP contribution < -0.4 is 0 Å². The maximum Gasteiger partial charge on any atom is 0.174 e. The van der Waals surface area contributed by atoms with Crippen molar-refractivity contribution < 1.29 is 4.74 Å². The third kappa shape index (κ3) is 1.78. The lowest BCUT2D eigenvalue weighted by Crippen LogP contribution is -2.19. The lowest BCUT2D eigenvalue weighted by atomic mass is 9.85. The molecule has 2 nitrogen and oxygen atoms in total.